The predicted molar refractivity (Wildman–Crippen MR) is 82.8 cm³/mol. The zero-order valence-corrected chi connectivity index (χ0v) is 11.4. The molecule has 0 fully saturated rings. The van der Waals surface area contributed by atoms with Crippen molar-refractivity contribution in [1.29, 1.82) is 0 Å². The van der Waals surface area contributed by atoms with Crippen molar-refractivity contribution in [3.05, 3.63) is 60.2 Å². The van der Waals surface area contributed by atoms with Crippen molar-refractivity contribution >= 4 is 48.2 Å². The number of hydrogen-bond donors (Lipinski definition) is 0. The van der Waals surface area contributed by atoms with E-state index in [2.05, 4.69) is 70.5 Å². The Hall–Kier alpha value is -1.60. The summed E-state index contributed by atoms with van der Waals surface area (Å²) in [5.74, 6) is 0. The van der Waals surface area contributed by atoms with Gasteiger partial charge in [-0.15, -0.1) is 0 Å². The van der Waals surface area contributed by atoms with E-state index in [-0.39, 0.29) is 0 Å². The third kappa shape index (κ3) is 1.25. The summed E-state index contributed by atoms with van der Waals surface area (Å²) in [6.45, 7) is 0. The lowest BCUT2D eigenvalue weighted by atomic mass is 9.92. The van der Waals surface area contributed by atoms with Gasteiger partial charge in [-0.05, 0) is 43.9 Å². The van der Waals surface area contributed by atoms with Crippen LogP contribution in [0.15, 0.2) is 54.6 Å². The van der Waals surface area contributed by atoms with Crippen LogP contribution >= 0.6 is 15.9 Å². The molecule has 0 aliphatic rings. The van der Waals surface area contributed by atoms with E-state index in [0.717, 1.165) is 5.33 Å². The fourth-order valence-corrected chi connectivity index (χ4v) is 3.41. The third-order valence-electron chi connectivity index (χ3n) is 3.74. The van der Waals surface area contributed by atoms with Gasteiger partial charge in [0, 0.05) is 5.33 Å². The normalized spacial score (nSPS) is 11.8. The van der Waals surface area contributed by atoms with E-state index in [1.807, 2.05) is 0 Å². The van der Waals surface area contributed by atoms with E-state index in [0.29, 0.717) is 0 Å². The van der Waals surface area contributed by atoms with Crippen LogP contribution in [-0.4, -0.2) is 0 Å². The third-order valence-corrected chi connectivity index (χ3v) is 4.34. The Morgan fingerprint density at radius 3 is 2.17 bits per heavy atom. The van der Waals surface area contributed by atoms with Crippen LogP contribution in [0.25, 0.3) is 32.3 Å². The fourth-order valence-electron chi connectivity index (χ4n) is 2.95. The second-order valence-corrected chi connectivity index (χ2v) is 5.28. The van der Waals surface area contributed by atoms with Gasteiger partial charge in [0.1, 0.15) is 0 Å². The largest absolute Gasteiger partial charge is 0.0876 e. The molecule has 0 aliphatic heterocycles. The lowest BCUT2D eigenvalue weighted by Crippen LogP contribution is -1.88. The summed E-state index contributed by atoms with van der Waals surface area (Å²) in [5.41, 5.74) is 1.37. The second-order valence-electron chi connectivity index (χ2n) is 4.72. The zero-order valence-electron chi connectivity index (χ0n) is 9.78. The van der Waals surface area contributed by atoms with Crippen LogP contribution in [0.1, 0.15) is 5.56 Å². The molecule has 4 aromatic rings. The Balaban J connectivity index is 2.43. The molecule has 18 heavy (non-hydrogen) atoms. The molecule has 0 amide bonds. The van der Waals surface area contributed by atoms with Crippen molar-refractivity contribution in [3.8, 4) is 0 Å². The summed E-state index contributed by atoms with van der Waals surface area (Å²) >= 11 is 3.61. The SMILES string of the molecule is BrCc1cc2cccc3ccc4cccc1c4c32. The first-order valence-electron chi connectivity index (χ1n) is 6.10. The topological polar surface area (TPSA) is 0 Å². The molecule has 0 unspecified atom stereocenters. The van der Waals surface area contributed by atoms with Crippen molar-refractivity contribution in [2.45, 2.75) is 5.33 Å². The van der Waals surface area contributed by atoms with Crippen LogP contribution in [0.3, 0.4) is 0 Å². The highest BCUT2D eigenvalue weighted by molar-refractivity contribution is 9.08. The van der Waals surface area contributed by atoms with Crippen molar-refractivity contribution in [1.82, 2.24) is 0 Å². The second kappa shape index (κ2) is 3.69. The first-order chi connectivity index (χ1) is 8.88. The molecule has 86 valence electrons. The summed E-state index contributed by atoms with van der Waals surface area (Å²) in [4.78, 5) is 0. The molecule has 0 atom stereocenters. The van der Waals surface area contributed by atoms with E-state index in [9.17, 15) is 0 Å². The fraction of sp³-hybridized carbons (Fsp3) is 0.0588. The van der Waals surface area contributed by atoms with E-state index in [1.54, 1.807) is 0 Å². The van der Waals surface area contributed by atoms with Crippen molar-refractivity contribution in [3.63, 3.8) is 0 Å². The Bertz CT molecular complexity index is 861. The molecule has 0 saturated carbocycles. The van der Waals surface area contributed by atoms with Gasteiger partial charge in [-0.3, -0.25) is 0 Å². The minimum absolute atomic E-state index is 0.900. The van der Waals surface area contributed by atoms with Gasteiger partial charge in [-0.25, -0.2) is 0 Å². The first-order valence-corrected chi connectivity index (χ1v) is 7.22. The van der Waals surface area contributed by atoms with Gasteiger partial charge in [-0.2, -0.15) is 0 Å². The maximum absolute atomic E-state index is 3.61. The average Bonchev–Trinajstić information content (AvgIpc) is 2.44. The molecule has 0 bridgehead atoms. The lowest BCUT2D eigenvalue weighted by molar-refractivity contribution is 1.52. The van der Waals surface area contributed by atoms with Crippen LogP contribution in [0.2, 0.25) is 0 Å². The molecular formula is C17H11Br. The van der Waals surface area contributed by atoms with Gasteiger partial charge in [-0.1, -0.05) is 64.5 Å². The molecule has 0 aliphatic carbocycles. The highest BCUT2D eigenvalue weighted by atomic mass is 79.9. The van der Waals surface area contributed by atoms with Crippen molar-refractivity contribution in [2.75, 3.05) is 0 Å². The minimum Gasteiger partial charge on any atom is -0.0876 e. The summed E-state index contributed by atoms with van der Waals surface area (Å²) in [6.07, 6.45) is 0. The molecule has 0 spiro atoms. The zero-order chi connectivity index (χ0) is 12.1. The minimum atomic E-state index is 0.900. The monoisotopic (exact) mass is 294 g/mol. The Morgan fingerprint density at radius 2 is 1.39 bits per heavy atom. The summed E-state index contributed by atoms with van der Waals surface area (Å²) in [6, 6.07) is 19.9. The molecule has 4 aromatic carbocycles. The molecule has 4 rings (SSSR count). The number of halogens is 1. The standard InChI is InChI=1S/C17H11Br/c18-10-14-9-13-5-1-3-11-7-8-12-4-2-6-15(14)17(12)16(11)13/h1-9H,10H2. The van der Waals surface area contributed by atoms with Crippen LogP contribution in [0.4, 0.5) is 0 Å². The van der Waals surface area contributed by atoms with E-state index in [1.165, 1.54) is 37.9 Å². The maximum Gasteiger partial charge on any atom is 0.0289 e. The van der Waals surface area contributed by atoms with Gasteiger partial charge in [0.15, 0.2) is 0 Å². The van der Waals surface area contributed by atoms with Crippen LogP contribution < -0.4 is 0 Å². The van der Waals surface area contributed by atoms with Gasteiger partial charge in [0.2, 0.25) is 0 Å². The molecule has 0 aromatic heterocycles. The van der Waals surface area contributed by atoms with Crippen LogP contribution in [0, 0.1) is 0 Å². The average molecular weight is 295 g/mol. The Morgan fingerprint density at radius 1 is 0.722 bits per heavy atom. The van der Waals surface area contributed by atoms with Gasteiger partial charge >= 0.3 is 0 Å². The van der Waals surface area contributed by atoms with Gasteiger partial charge in [0.05, 0.1) is 0 Å². The first kappa shape index (κ1) is 10.3. The van der Waals surface area contributed by atoms with Crippen molar-refractivity contribution in [2.24, 2.45) is 0 Å². The highest BCUT2D eigenvalue weighted by Gasteiger charge is 2.10. The predicted octanol–water partition coefficient (Wildman–Crippen LogP) is 5.48. The summed E-state index contributed by atoms with van der Waals surface area (Å²) in [7, 11) is 0. The van der Waals surface area contributed by atoms with E-state index in [4.69, 9.17) is 0 Å². The maximum atomic E-state index is 3.61. The molecule has 1 heteroatoms. The van der Waals surface area contributed by atoms with Gasteiger partial charge in [0.25, 0.3) is 0 Å². The molecule has 0 heterocycles. The Labute approximate surface area is 114 Å². The lowest BCUT2D eigenvalue weighted by Gasteiger charge is -2.13. The molecule has 0 saturated heterocycles. The quantitative estimate of drug-likeness (QED) is 0.322. The molecule has 0 nitrogen and oxygen atoms in total. The number of benzene rings is 4. The number of hydrogen-bond acceptors (Lipinski definition) is 0. The molecular weight excluding hydrogens is 284 g/mol. The summed E-state index contributed by atoms with van der Waals surface area (Å²) < 4.78 is 0. The van der Waals surface area contributed by atoms with Crippen molar-refractivity contribution < 1.29 is 0 Å². The highest BCUT2D eigenvalue weighted by Crippen LogP contribution is 2.36. The smallest absolute Gasteiger partial charge is 0.0289 e. The van der Waals surface area contributed by atoms with E-state index >= 15 is 0 Å². The van der Waals surface area contributed by atoms with Gasteiger partial charge < -0.3 is 0 Å². The van der Waals surface area contributed by atoms with Crippen LogP contribution in [0.5, 0.6) is 0 Å². The Kier molecular flexibility index (Phi) is 2.12. The molecule has 0 radical (unpaired) electrons. The number of alkyl halides is 1. The molecule has 0 N–H and O–H groups in total. The van der Waals surface area contributed by atoms with E-state index < -0.39 is 0 Å². The van der Waals surface area contributed by atoms with Crippen LogP contribution in [-0.2, 0) is 5.33 Å². The summed E-state index contributed by atoms with van der Waals surface area (Å²) in [5, 5.41) is 9.07. The number of rotatable bonds is 1.